The second-order valence-electron chi connectivity index (χ2n) is 9.61. The number of benzene rings is 3. The van der Waals surface area contributed by atoms with Crippen molar-refractivity contribution in [1.29, 1.82) is 0 Å². The Bertz CT molecular complexity index is 1420. The minimum Gasteiger partial charge on any atom is -0.462 e. The van der Waals surface area contributed by atoms with Crippen LogP contribution in [-0.4, -0.2) is 29.3 Å². The standard InChI is InChI=1S/C31H26O5S/c32-25(29-16-22-8-4-5-9-28(22)37-29)15-14-23-24-17-30(33)35-27(24)18-26(23)36-31(34)21-12-10-20(11-13-21)19-6-2-1-3-7-19/h1-16,23-27,32H,17-18H2/t23-,24-,25-,26-,27+/m1/s1. The van der Waals surface area contributed by atoms with Crippen LogP contribution in [0.2, 0.25) is 0 Å². The van der Waals surface area contributed by atoms with Gasteiger partial charge in [-0.3, -0.25) is 4.79 Å². The van der Waals surface area contributed by atoms with Gasteiger partial charge >= 0.3 is 11.9 Å². The van der Waals surface area contributed by atoms with E-state index in [1.165, 1.54) is 0 Å². The zero-order chi connectivity index (χ0) is 25.4. The van der Waals surface area contributed by atoms with E-state index in [0.717, 1.165) is 26.1 Å². The predicted molar refractivity (Wildman–Crippen MR) is 143 cm³/mol. The predicted octanol–water partition coefficient (Wildman–Crippen LogP) is 6.34. The Hall–Kier alpha value is -3.74. The first-order valence-corrected chi connectivity index (χ1v) is 13.3. The van der Waals surface area contributed by atoms with Gasteiger partial charge in [0.25, 0.3) is 0 Å². The summed E-state index contributed by atoms with van der Waals surface area (Å²) in [6, 6.07) is 27.4. The zero-order valence-electron chi connectivity index (χ0n) is 20.0. The molecule has 0 amide bonds. The molecule has 1 saturated carbocycles. The van der Waals surface area contributed by atoms with Crippen LogP contribution in [0.3, 0.4) is 0 Å². The summed E-state index contributed by atoms with van der Waals surface area (Å²) in [5, 5.41) is 12.0. The SMILES string of the molecule is O=C1C[C@@H]2[C@@H](C=C[C@@H](O)c3cc4ccccc4s3)[C@H](OC(=O)c3ccc(-c4ccccc4)cc3)C[C@@H]2O1. The molecule has 6 rings (SSSR count). The van der Waals surface area contributed by atoms with Crippen molar-refractivity contribution in [2.75, 3.05) is 0 Å². The molecule has 0 unspecified atom stereocenters. The molecule has 0 spiro atoms. The van der Waals surface area contributed by atoms with Crippen molar-refractivity contribution in [2.24, 2.45) is 11.8 Å². The lowest BCUT2D eigenvalue weighted by Crippen LogP contribution is -2.24. The van der Waals surface area contributed by atoms with Crippen LogP contribution in [0.25, 0.3) is 21.2 Å². The molecule has 2 aliphatic rings. The van der Waals surface area contributed by atoms with E-state index < -0.39 is 18.2 Å². The Kier molecular flexibility index (Phi) is 6.37. The monoisotopic (exact) mass is 510 g/mol. The van der Waals surface area contributed by atoms with Crippen molar-refractivity contribution in [3.05, 3.63) is 108 Å². The van der Waals surface area contributed by atoms with Crippen molar-refractivity contribution in [3.63, 3.8) is 0 Å². The quantitative estimate of drug-likeness (QED) is 0.242. The second-order valence-corrected chi connectivity index (χ2v) is 10.7. The van der Waals surface area contributed by atoms with Gasteiger partial charge in [0.15, 0.2) is 0 Å². The fourth-order valence-electron chi connectivity index (χ4n) is 5.40. The summed E-state index contributed by atoms with van der Waals surface area (Å²) >= 11 is 1.55. The Balaban J connectivity index is 1.18. The number of esters is 2. The van der Waals surface area contributed by atoms with Crippen LogP contribution in [0.5, 0.6) is 0 Å². The second kappa shape index (κ2) is 9.96. The third kappa shape index (κ3) is 4.82. The fraction of sp³-hybridized carbons (Fsp3) is 0.226. The Morgan fingerprint density at radius 3 is 2.51 bits per heavy atom. The van der Waals surface area contributed by atoms with E-state index in [1.807, 2.05) is 78.9 Å². The van der Waals surface area contributed by atoms with Gasteiger partial charge in [-0.05, 0) is 40.8 Å². The number of thiophene rings is 1. The number of ether oxygens (including phenoxy) is 2. The largest absolute Gasteiger partial charge is 0.462 e. The van der Waals surface area contributed by atoms with Crippen LogP contribution in [0.1, 0.15) is 34.2 Å². The molecule has 1 saturated heterocycles. The Morgan fingerprint density at radius 1 is 1.00 bits per heavy atom. The average molecular weight is 511 g/mol. The molecule has 3 aromatic carbocycles. The number of fused-ring (bicyclic) bond motifs is 2. The highest BCUT2D eigenvalue weighted by Gasteiger charge is 2.50. The van der Waals surface area contributed by atoms with Crippen LogP contribution < -0.4 is 0 Å². The molecule has 1 aliphatic carbocycles. The van der Waals surface area contributed by atoms with E-state index >= 15 is 0 Å². The van der Waals surface area contributed by atoms with Crippen molar-refractivity contribution in [1.82, 2.24) is 0 Å². The lowest BCUT2D eigenvalue weighted by atomic mass is 9.91. The Labute approximate surface area is 219 Å². The Morgan fingerprint density at radius 2 is 1.73 bits per heavy atom. The van der Waals surface area contributed by atoms with Crippen LogP contribution in [0.15, 0.2) is 97.1 Å². The van der Waals surface area contributed by atoms with E-state index in [9.17, 15) is 14.7 Å². The summed E-state index contributed by atoms with van der Waals surface area (Å²) in [6.07, 6.45) is 2.90. The maximum absolute atomic E-state index is 13.0. The maximum atomic E-state index is 13.0. The minimum atomic E-state index is -0.781. The first-order valence-electron chi connectivity index (χ1n) is 12.5. The van der Waals surface area contributed by atoms with E-state index in [0.29, 0.717) is 18.4 Å². The van der Waals surface area contributed by atoms with Crippen molar-refractivity contribution >= 4 is 33.4 Å². The van der Waals surface area contributed by atoms with Gasteiger partial charge in [-0.2, -0.15) is 0 Å². The van der Waals surface area contributed by atoms with Crippen LogP contribution in [0, 0.1) is 11.8 Å². The number of aliphatic hydroxyl groups excluding tert-OH is 1. The van der Waals surface area contributed by atoms with E-state index in [-0.39, 0.29) is 23.9 Å². The number of hydrogen-bond acceptors (Lipinski definition) is 6. The zero-order valence-corrected chi connectivity index (χ0v) is 20.8. The molecule has 37 heavy (non-hydrogen) atoms. The number of hydrogen-bond donors (Lipinski definition) is 1. The molecule has 4 aromatic rings. The molecule has 0 bridgehead atoms. The summed E-state index contributed by atoms with van der Waals surface area (Å²) in [5.41, 5.74) is 2.58. The van der Waals surface area contributed by atoms with Gasteiger partial charge in [0.1, 0.15) is 18.3 Å². The highest BCUT2D eigenvalue weighted by Crippen LogP contribution is 2.44. The number of carbonyl (C=O) groups excluding carboxylic acids is 2. The van der Waals surface area contributed by atoms with Gasteiger partial charge in [0.05, 0.1) is 12.0 Å². The first kappa shape index (κ1) is 23.6. The van der Waals surface area contributed by atoms with E-state index in [2.05, 4.69) is 0 Å². The van der Waals surface area contributed by atoms with Gasteiger partial charge < -0.3 is 14.6 Å². The smallest absolute Gasteiger partial charge is 0.338 e. The van der Waals surface area contributed by atoms with Gasteiger partial charge in [-0.1, -0.05) is 72.8 Å². The van der Waals surface area contributed by atoms with Gasteiger partial charge in [-0.15, -0.1) is 11.3 Å². The molecule has 2 heterocycles. The molecule has 2 fully saturated rings. The summed E-state index contributed by atoms with van der Waals surface area (Å²) in [4.78, 5) is 25.8. The van der Waals surface area contributed by atoms with Crippen molar-refractivity contribution < 1.29 is 24.2 Å². The third-order valence-electron chi connectivity index (χ3n) is 7.29. The van der Waals surface area contributed by atoms with Gasteiger partial charge in [-0.25, -0.2) is 4.79 Å². The summed E-state index contributed by atoms with van der Waals surface area (Å²) in [6.45, 7) is 0. The number of rotatable bonds is 6. The third-order valence-corrected chi connectivity index (χ3v) is 8.48. The summed E-state index contributed by atoms with van der Waals surface area (Å²) in [7, 11) is 0. The van der Waals surface area contributed by atoms with Crippen LogP contribution in [0.4, 0.5) is 0 Å². The number of carbonyl (C=O) groups is 2. The molecule has 1 N–H and O–H groups in total. The molecule has 6 heteroatoms. The maximum Gasteiger partial charge on any atom is 0.338 e. The molecule has 5 nitrogen and oxygen atoms in total. The molecular weight excluding hydrogens is 484 g/mol. The highest BCUT2D eigenvalue weighted by molar-refractivity contribution is 7.19. The fourth-order valence-corrected chi connectivity index (χ4v) is 6.43. The lowest BCUT2D eigenvalue weighted by molar-refractivity contribution is -0.141. The van der Waals surface area contributed by atoms with Crippen molar-refractivity contribution in [2.45, 2.75) is 31.2 Å². The van der Waals surface area contributed by atoms with Gasteiger partial charge in [0.2, 0.25) is 0 Å². The van der Waals surface area contributed by atoms with Crippen LogP contribution >= 0.6 is 11.3 Å². The molecule has 1 aromatic heterocycles. The average Bonchev–Trinajstić information content (AvgIpc) is 3.60. The van der Waals surface area contributed by atoms with Gasteiger partial charge in [0, 0.05) is 27.8 Å². The molecule has 186 valence electrons. The highest BCUT2D eigenvalue weighted by atomic mass is 32.1. The normalized spacial score (nSPS) is 23.8. The lowest BCUT2D eigenvalue weighted by Gasteiger charge is -2.20. The summed E-state index contributed by atoms with van der Waals surface area (Å²) in [5.74, 6) is -0.913. The molecule has 0 radical (unpaired) electrons. The minimum absolute atomic E-state index is 0.0726. The topological polar surface area (TPSA) is 72.8 Å². The van der Waals surface area contributed by atoms with Crippen molar-refractivity contribution in [3.8, 4) is 11.1 Å². The van der Waals surface area contributed by atoms with E-state index in [1.54, 1.807) is 29.5 Å². The number of aliphatic hydroxyl groups is 1. The first-order chi connectivity index (χ1) is 18.0. The molecule has 1 aliphatic heterocycles. The summed E-state index contributed by atoms with van der Waals surface area (Å²) < 4.78 is 12.6. The van der Waals surface area contributed by atoms with E-state index in [4.69, 9.17) is 9.47 Å². The van der Waals surface area contributed by atoms with Crippen LogP contribution in [-0.2, 0) is 14.3 Å². The molecular formula is C31H26O5S. The molecule has 5 atom stereocenters.